The van der Waals surface area contributed by atoms with E-state index in [-0.39, 0.29) is 25.7 Å². The van der Waals surface area contributed by atoms with Gasteiger partial charge >= 0.3 is 23.9 Å². The number of carbonyl (C=O) groups excluding carboxylic acids is 2. The number of carbonyl (C=O) groups is 4. The van der Waals surface area contributed by atoms with Gasteiger partial charge in [0.25, 0.3) is 0 Å². The van der Waals surface area contributed by atoms with Crippen LogP contribution < -0.4 is 0 Å². The van der Waals surface area contributed by atoms with Crippen LogP contribution in [-0.2, 0) is 23.9 Å². The van der Waals surface area contributed by atoms with Crippen molar-refractivity contribution in [3.05, 3.63) is 69.7 Å². The number of aliphatic carboxylic acids is 2. The Bertz CT molecular complexity index is 896. The first-order valence-corrected chi connectivity index (χ1v) is 10.1. The molecule has 2 rings (SSSR count). The highest BCUT2D eigenvalue weighted by Gasteiger charge is 2.24. The number of carboxylic acid groups (broad SMARTS) is 2. The fourth-order valence-electron chi connectivity index (χ4n) is 3.07. The van der Waals surface area contributed by atoms with E-state index in [0.717, 1.165) is 0 Å². The summed E-state index contributed by atoms with van der Waals surface area (Å²) < 4.78 is 4.71. The number of halogens is 2. The molecule has 7 nitrogen and oxygen atoms in total. The number of hydrogen-bond donors (Lipinski definition) is 2. The number of esters is 2. The summed E-state index contributed by atoms with van der Waals surface area (Å²) in [5.74, 6) is -6.00. The van der Waals surface area contributed by atoms with Crippen molar-refractivity contribution in [3.63, 3.8) is 0 Å². The lowest BCUT2D eigenvalue weighted by molar-refractivity contribution is -0.159. The van der Waals surface area contributed by atoms with Gasteiger partial charge in [0.05, 0.1) is 11.8 Å². The lowest BCUT2D eigenvalue weighted by Crippen LogP contribution is -2.18. The molecule has 2 aromatic rings. The molecule has 0 radical (unpaired) electrons. The summed E-state index contributed by atoms with van der Waals surface area (Å²) in [4.78, 5) is 47.0. The van der Waals surface area contributed by atoms with Crippen LogP contribution in [0.2, 0.25) is 10.0 Å². The second kappa shape index (κ2) is 11.5. The molecule has 0 spiro atoms. The van der Waals surface area contributed by atoms with E-state index >= 15 is 0 Å². The predicted molar refractivity (Wildman–Crippen MR) is 113 cm³/mol. The van der Waals surface area contributed by atoms with Gasteiger partial charge in [-0.1, -0.05) is 47.5 Å². The average molecular weight is 467 g/mol. The van der Waals surface area contributed by atoms with Crippen molar-refractivity contribution < 1.29 is 34.1 Å². The largest absolute Gasteiger partial charge is 0.481 e. The van der Waals surface area contributed by atoms with Crippen molar-refractivity contribution in [1.82, 2.24) is 0 Å². The van der Waals surface area contributed by atoms with Gasteiger partial charge in [-0.15, -0.1) is 0 Å². The van der Waals surface area contributed by atoms with E-state index in [1.807, 2.05) is 0 Å². The number of carboxylic acids is 2. The monoisotopic (exact) mass is 466 g/mol. The van der Waals surface area contributed by atoms with Gasteiger partial charge in [-0.05, 0) is 48.2 Å². The summed E-state index contributed by atoms with van der Waals surface area (Å²) in [5, 5.41) is 19.6. The molecule has 164 valence electrons. The molecule has 0 saturated heterocycles. The first-order valence-electron chi connectivity index (χ1n) is 9.37. The summed E-state index contributed by atoms with van der Waals surface area (Å²) in [6.45, 7) is 0. The van der Waals surface area contributed by atoms with Gasteiger partial charge in [0, 0.05) is 22.9 Å². The maximum Gasteiger partial charge on any atom is 0.313 e. The molecule has 31 heavy (non-hydrogen) atoms. The molecule has 9 heteroatoms. The Morgan fingerprint density at radius 1 is 0.742 bits per heavy atom. The van der Waals surface area contributed by atoms with Crippen LogP contribution in [0.25, 0.3) is 0 Å². The summed E-state index contributed by atoms with van der Waals surface area (Å²) in [6.07, 6.45) is -0.762. The first kappa shape index (κ1) is 24.4. The third-order valence-corrected chi connectivity index (χ3v) is 5.07. The lowest BCUT2D eigenvalue weighted by atomic mass is 9.94. The zero-order chi connectivity index (χ0) is 23.0. The summed E-state index contributed by atoms with van der Waals surface area (Å²) in [6, 6.07) is 12.6. The van der Waals surface area contributed by atoms with Crippen LogP contribution in [0.5, 0.6) is 0 Å². The minimum Gasteiger partial charge on any atom is -0.481 e. The van der Waals surface area contributed by atoms with Crippen LogP contribution in [0.3, 0.4) is 0 Å². The Hall–Kier alpha value is -2.90. The van der Waals surface area contributed by atoms with Crippen LogP contribution in [0.4, 0.5) is 0 Å². The molecule has 0 aromatic heterocycles. The van der Waals surface area contributed by atoms with Crippen molar-refractivity contribution >= 4 is 47.1 Å². The van der Waals surface area contributed by atoms with Gasteiger partial charge in [0.1, 0.15) is 0 Å². The Morgan fingerprint density at radius 2 is 1.13 bits per heavy atom. The molecule has 2 N–H and O–H groups in total. The van der Waals surface area contributed by atoms with Crippen LogP contribution >= 0.6 is 23.2 Å². The normalized spacial score (nSPS) is 12.6. The second-order valence-corrected chi connectivity index (χ2v) is 7.69. The van der Waals surface area contributed by atoms with Crippen LogP contribution in [-0.4, -0.2) is 34.1 Å². The predicted octanol–water partition coefficient (Wildman–Crippen LogP) is 4.66. The smallest absolute Gasteiger partial charge is 0.313 e. The molecule has 0 bridgehead atoms. The van der Waals surface area contributed by atoms with Crippen molar-refractivity contribution in [3.8, 4) is 0 Å². The van der Waals surface area contributed by atoms with E-state index < -0.39 is 35.7 Å². The van der Waals surface area contributed by atoms with Crippen molar-refractivity contribution in [2.75, 3.05) is 0 Å². The van der Waals surface area contributed by atoms with Crippen LogP contribution in [0.1, 0.15) is 48.6 Å². The highest BCUT2D eigenvalue weighted by molar-refractivity contribution is 6.31. The third-order valence-electron chi connectivity index (χ3n) is 4.60. The Labute approximate surface area is 188 Å². The maximum atomic E-state index is 12.0. The molecule has 0 saturated carbocycles. The molecular weight excluding hydrogens is 447 g/mol. The van der Waals surface area contributed by atoms with E-state index in [1.54, 1.807) is 36.4 Å². The van der Waals surface area contributed by atoms with Gasteiger partial charge in [-0.2, -0.15) is 0 Å². The second-order valence-electron chi connectivity index (χ2n) is 6.82. The van der Waals surface area contributed by atoms with Crippen LogP contribution in [0, 0.1) is 0 Å². The number of hydrogen-bond acceptors (Lipinski definition) is 5. The van der Waals surface area contributed by atoms with Crippen molar-refractivity contribution in [1.29, 1.82) is 0 Å². The van der Waals surface area contributed by atoms with Gasteiger partial charge in [0.2, 0.25) is 0 Å². The van der Waals surface area contributed by atoms with E-state index in [2.05, 4.69) is 0 Å². The summed E-state index contributed by atoms with van der Waals surface area (Å²) >= 11 is 11.8. The van der Waals surface area contributed by atoms with Gasteiger partial charge in [-0.3, -0.25) is 19.2 Å². The quantitative estimate of drug-likeness (QED) is 0.385. The van der Waals surface area contributed by atoms with E-state index in [4.69, 9.17) is 27.9 Å². The fraction of sp³-hybridized carbons (Fsp3) is 0.273. The highest BCUT2D eigenvalue weighted by Crippen LogP contribution is 2.26. The number of rotatable bonds is 10. The van der Waals surface area contributed by atoms with Gasteiger partial charge < -0.3 is 14.9 Å². The van der Waals surface area contributed by atoms with Gasteiger partial charge in [0.15, 0.2) is 0 Å². The molecule has 0 heterocycles. The SMILES string of the molecule is O=C(CCC(C(=O)O)c1cccc(Cl)c1)OC(=O)CCC(C(=O)O)c1cccc(Cl)c1. The topological polar surface area (TPSA) is 118 Å². The zero-order valence-corrected chi connectivity index (χ0v) is 17.8. The Morgan fingerprint density at radius 3 is 1.45 bits per heavy atom. The number of ether oxygens (including phenoxy) is 1. The van der Waals surface area contributed by atoms with E-state index in [9.17, 15) is 29.4 Å². The highest BCUT2D eigenvalue weighted by atomic mass is 35.5. The minimum atomic E-state index is -1.13. The molecule has 2 atom stereocenters. The molecule has 0 aliphatic rings. The molecule has 0 fully saturated rings. The molecule has 0 amide bonds. The standard InChI is InChI=1S/C22H20Cl2O7/c23-15-5-1-3-13(11-15)17(21(27)28)7-9-19(25)31-20(26)10-8-18(22(29)30)14-4-2-6-16(24)12-14/h1-6,11-12,17-18H,7-10H2,(H,27,28)(H,29,30). The number of benzene rings is 2. The first-order chi connectivity index (χ1) is 14.7. The fourth-order valence-corrected chi connectivity index (χ4v) is 3.46. The summed E-state index contributed by atoms with van der Waals surface area (Å²) in [5.41, 5.74) is 0.870. The lowest BCUT2D eigenvalue weighted by Gasteiger charge is -2.13. The maximum absolute atomic E-state index is 12.0. The van der Waals surface area contributed by atoms with Crippen molar-refractivity contribution in [2.24, 2.45) is 0 Å². The van der Waals surface area contributed by atoms with Crippen LogP contribution in [0.15, 0.2) is 48.5 Å². The Kier molecular flexibility index (Phi) is 9.03. The zero-order valence-electron chi connectivity index (χ0n) is 16.3. The Balaban J connectivity index is 1.89. The molecular formula is C22H20Cl2O7. The molecule has 2 unspecified atom stereocenters. The van der Waals surface area contributed by atoms with Crippen molar-refractivity contribution in [2.45, 2.75) is 37.5 Å². The minimum absolute atomic E-state index is 0.0813. The molecule has 2 aromatic carbocycles. The van der Waals surface area contributed by atoms with E-state index in [0.29, 0.717) is 21.2 Å². The van der Waals surface area contributed by atoms with E-state index in [1.165, 1.54) is 12.1 Å². The average Bonchev–Trinajstić information content (AvgIpc) is 2.68. The summed E-state index contributed by atoms with van der Waals surface area (Å²) in [7, 11) is 0. The molecule has 0 aliphatic carbocycles. The third kappa shape index (κ3) is 7.70. The van der Waals surface area contributed by atoms with Gasteiger partial charge in [-0.25, -0.2) is 0 Å². The molecule has 0 aliphatic heterocycles.